The fourth-order valence-corrected chi connectivity index (χ4v) is 1.71. The van der Waals surface area contributed by atoms with E-state index in [-0.39, 0.29) is 30.3 Å². The van der Waals surface area contributed by atoms with Crippen molar-refractivity contribution in [2.24, 2.45) is 11.7 Å². The molecule has 0 aliphatic rings. The summed E-state index contributed by atoms with van der Waals surface area (Å²) in [5, 5.41) is 6.91. The maximum atomic E-state index is 11.8. The third-order valence-electron chi connectivity index (χ3n) is 3.25. The quantitative estimate of drug-likeness (QED) is 0.837. The summed E-state index contributed by atoms with van der Waals surface area (Å²) in [6.45, 7) is 8.16. The lowest BCUT2D eigenvalue weighted by Gasteiger charge is -2.15. The molecule has 0 radical (unpaired) electrons. The Morgan fingerprint density at radius 3 is 2.47 bits per heavy atom. The molecule has 1 amide bonds. The SMILES string of the molecule is CCc1noc(CC)c1CNC(=O)C(C)C(C)N.Cl. The van der Waals surface area contributed by atoms with Crippen molar-refractivity contribution >= 4 is 18.3 Å². The van der Waals surface area contributed by atoms with Crippen molar-refractivity contribution in [3.8, 4) is 0 Å². The first kappa shape index (κ1) is 17.9. The second-order valence-electron chi connectivity index (χ2n) is 4.60. The van der Waals surface area contributed by atoms with Crippen molar-refractivity contribution in [3.63, 3.8) is 0 Å². The highest BCUT2D eigenvalue weighted by Crippen LogP contribution is 2.15. The summed E-state index contributed by atoms with van der Waals surface area (Å²) >= 11 is 0. The number of halogens is 1. The van der Waals surface area contributed by atoms with E-state index in [1.165, 1.54) is 0 Å². The van der Waals surface area contributed by atoms with E-state index in [1.54, 1.807) is 0 Å². The minimum Gasteiger partial charge on any atom is -0.361 e. The van der Waals surface area contributed by atoms with Gasteiger partial charge < -0.3 is 15.6 Å². The standard InChI is InChI=1S/C13H23N3O2.ClH/c1-5-11-10(12(6-2)18-16-11)7-15-13(17)8(3)9(4)14;/h8-9H,5-7,14H2,1-4H3,(H,15,17);1H. The number of carbonyl (C=O) groups is 1. The smallest absolute Gasteiger partial charge is 0.224 e. The molecule has 1 aromatic heterocycles. The number of carbonyl (C=O) groups excluding carboxylic acids is 1. The lowest BCUT2D eigenvalue weighted by atomic mass is 10.0. The molecule has 1 aromatic rings. The molecule has 0 saturated heterocycles. The summed E-state index contributed by atoms with van der Waals surface area (Å²) in [4.78, 5) is 11.8. The molecule has 0 spiro atoms. The largest absolute Gasteiger partial charge is 0.361 e. The van der Waals surface area contributed by atoms with Gasteiger partial charge in [-0.15, -0.1) is 12.4 Å². The van der Waals surface area contributed by atoms with Crippen LogP contribution in [0.4, 0.5) is 0 Å². The second-order valence-corrected chi connectivity index (χ2v) is 4.60. The minimum atomic E-state index is -0.194. The normalized spacial score (nSPS) is 13.5. The fraction of sp³-hybridized carbons (Fsp3) is 0.692. The van der Waals surface area contributed by atoms with Crippen molar-refractivity contribution < 1.29 is 9.32 Å². The second kappa shape index (κ2) is 8.17. The van der Waals surface area contributed by atoms with Crippen LogP contribution in [-0.2, 0) is 24.2 Å². The van der Waals surface area contributed by atoms with Crippen LogP contribution in [0.5, 0.6) is 0 Å². The number of nitrogens with two attached hydrogens (primary N) is 1. The Balaban J connectivity index is 0.00000324. The molecule has 2 unspecified atom stereocenters. The van der Waals surface area contributed by atoms with E-state index in [4.69, 9.17) is 10.3 Å². The molecular weight excluding hydrogens is 266 g/mol. The fourth-order valence-electron chi connectivity index (χ4n) is 1.71. The van der Waals surface area contributed by atoms with Crippen LogP contribution in [0.1, 0.15) is 44.7 Å². The first-order valence-corrected chi connectivity index (χ1v) is 6.50. The number of rotatable bonds is 6. The number of aryl methyl sites for hydroxylation is 2. The molecule has 19 heavy (non-hydrogen) atoms. The van der Waals surface area contributed by atoms with Crippen LogP contribution in [0.25, 0.3) is 0 Å². The van der Waals surface area contributed by atoms with Crippen molar-refractivity contribution in [1.29, 1.82) is 0 Å². The van der Waals surface area contributed by atoms with Crippen molar-refractivity contribution in [2.75, 3.05) is 0 Å². The monoisotopic (exact) mass is 289 g/mol. The molecule has 3 N–H and O–H groups in total. The summed E-state index contributed by atoms with van der Waals surface area (Å²) in [6, 6.07) is -0.149. The van der Waals surface area contributed by atoms with Gasteiger partial charge in [0.05, 0.1) is 5.69 Å². The minimum absolute atomic E-state index is 0. The Morgan fingerprint density at radius 1 is 1.37 bits per heavy atom. The van der Waals surface area contributed by atoms with E-state index in [0.29, 0.717) is 6.54 Å². The Labute approximate surface area is 120 Å². The van der Waals surface area contributed by atoms with Gasteiger partial charge in [-0.1, -0.05) is 25.9 Å². The topological polar surface area (TPSA) is 81.2 Å². The molecule has 0 saturated carbocycles. The molecule has 0 aliphatic heterocycles. The Morgan fingerprint density at radius 2 is 2.00 bits per heavy atom. The van der Waals surface area contributed by atoms with E-state index >= 15 is 0 Å². The van der Waals surface area contributed by atoms with Gasteiger partial charge in [0.15, 0.2) is 0 Å². The summed E-state index contributed by atoms with van der Waals surface area (Å²) in [7, 11) is 0. The van der Waals surface area contributed by atoms with E-state index in [1.807, 2.05) is 27.7 Å². The van der Waals surface area contributed by atoms with E-state index in [2.05, 4.69) is 10.5 Å². The Kier molecular flexibility index (Phi) is 7.71. The molecule has 6 heteroatoms. The zero-order valence-electron chi connectivity index (χ0n) is 12.0. The number of aromatic nitrogens is 1. The molecule has 0 fully saturated rings. The van der Waals surface area contributed by atoms with Crippen molar-refractivity contribution in [3.05, 3.63) is 17.0 Å². The molecule has 0 aromatic carbocycles. The Hall–Kier alpha value is -1.07. The lowest BCUT2D eigenvalue weighted by Crippen LogP contribution is -2.38. The number of nitrogens with one attached hydrogen (secondary N) is 1. The van der Waals surface area contributed by atoms with E-state index in [0.717, 1.165) is 29.9 Å². The molecular formula is C13H24ClN3O2. The van der Waals surface area contributed by atoms with Gasteiger partial charge in [0.2, 0.25) is 5.91 Å². The molecule has 110 valence electrons. The van der Waals surface area contributed by atoms with Crippen LogP contribution >= 0.6 is 12.4 Å². The van der Waals surface area contributed by atoms with Gasteiger partial charge >= 0.3 is 0 Å². The summed E-state index contributed by atoms with van der Waals surface area (Å²) in [5.41, 5.74) is 7.63. The average Bonchev–Trinajstić information content (AvgIpc) is 2.76. The summed E-state index contributed by atoms with van der Waals surface area (Å²) in [5.74, 6) is 0.621. The summed E-state index contributed by atoms with van der Waals surface area (Å²) in [6.07, 6.45) is 1.58. The number of nitrogens with zero attached hydrogens (tertiary/aromatic N) is 1. The van der Waals surface area contributed by atoms with Gasteiger partial charge in [0.25, 0.3) is 0 Å². The molecule has 1 heterocycles. The molecule has 0 aliphatic carbocycles. The molecule has 1 rings (SSSR count). The van der Waals surface area contributed by atoms with Crippen molar-refractivity contribution in [2.45, 2.75) is 53.1 Å². The number of hydrogen-bond acceptors (Lipinski definition) is 4. The predicted octanol–water partition coefficient (Wildman–Crippen LogP) is 1.82. The van der Waals surface area contributed by atoms with Gasteiger partial charge in [-0.25, -0.2) is 0 Å². The van der Waals surface area contributed by atoms with E-state index in [9.17, 15) is 4.79 Å². The number of hydrogen-bond donors (Lipinski definition) is 2. The zero-order valence-corrected chi connectivity index (χ0v) is 12.8. The maximum absolute atomic E-state index is 11.8. The van der Waals surface area contributed by atoms with Crippen LogP contribution in [0.3, 0.4) is 0 Å². The third kappa shape index (κ3) is 4.51. The first-order valence-electron chi connectivity index (χ1n) is 6.50. The van der Waals surface area contributed by atoms with Gasteiger partial charge in [-0.2, -0.15) is 0 Å². The van der Waals surface area contributed by atoms with Gasteiger partial charge in [0, 0.05) is 30.5 Å². The van der Waals surface area contributed by atoms with Crippen molar-refractivity contribution in [1.82, 2.24) is 10.5 Å². The number of amides is 1. The molecule has 5 nitrogen and oxygen atoms in total. The Bertz CT molecular complexity index is 383. The zero-order chi connectivity index (χ0) is 13.7. The average molecular weight is 290 g/mol. The first-order chi connectivity index (χ1) is 8.51. The predicted molar refractivity (Wildman–Crippen MR) is 77.2 cm³/mol. The highest BCUT2D eigenvalue weighted by atomic mass is 35.5. The van der Waals surface area contributed by atoms with Crippen LogP contribution in [0, 0.1) is 5.92 Å². The van der Waals surface area contributed by atoms with Gasteiger partial charge in [-0.3, -0.25) is 4.79 Å². The molecule has 2 atom stereocenters. The maximum Gasteiger partial charge on any atom is 0.224 e. The summed E-state index contributed by atoms with van der Waals surface area (Å²) < 4.78 is 5.25. The highest BCUT2D eigenvalue weighted by Gasteiger charge is 2.19. The van der Waals surface area contributed by atoms with E-state index < -0.39 is 0 Å². The van der Waals surface area contributed by atoms with Crippen LogP contribution in [-0.4, -0.2) is 17.1 Å². The molecule has 0 bridgehead atoms. The van der Waals surface area contributed by atoms with Crippen LogP contribution in [0.2, 0.25) is 0 Å². The van der Waals surface area contributed by atoms with Gasteiger partial charge in [0.1, 0.15) is 5.76 Å². The van der Waals surface area contributed by atoms with Crippen LogP contribution < -0.4 is 11.1 Å². The lowest BCUT2D eigenvalue weighted by molar-refractivity contribution is -0.125. The van der Waals surface area contributed by atoms with Crippen LogP contribution in [0.15, 0.2) is 4.52 Å². The highest BCUT2D eigenvalue weighted by molar-refractivity contribution is 5.85. The van der Waals surface area contributed by atoms with Gasteiger partial charge in [-0.05, 0) is 13.3 Å². The third-order valence-corrected chi connectivity index (χ3v) is 3.25.